The molecule has 0 aliphatic heterocycles. The lowest BCUT2D eigenvalue weighted by Gasteiger charge is -2.09. The summed E-state index contributed by atoms with van der Waals surface area (Å²) in [5.41, 5.74) is 4.74. The van der Waals surface area contributed by atoms with Gasteiger partial charge in [0, 0.05) is 40.2 Å². The van der Waals surface area contributed by atoms with Gasteiger partial charge in [0.2, 0.25) is 0 Å². The van der Waals surface area contributed by atoms with E-state index in [1.165, 1.54) is 6.26 Å². The average molecular weight is 360 g/mol. The van der Waals surface area contributed by atoms with E-state index in [1.807, 2.05) is 30.3 Å². The van der Waals surface area contributed by atoms with Crippen LogP contribution in [0.1, 0.15) is 10.4 Å². The minimum atomic E-state index is -1.33. The number of nitrogens with one attached hydrogen (secondary N) is 2. The van der Waals surface area contributed by atoms with Crippen LogP contribution in [0.15, 0.2) is 54.9 Å². The standard InChI is InChI=1S/C17H14ClN3O2S/c1-24(23)21-20-17(22)12-2-3-13-9-19-10-16(15(13)8-12)11-4-6-14(18)7-5-11/h2-10,21H,1H3,(H,20,22). The molecule has 1 aromatic heterocycles. The third kappa shape index (κ3) is 3.62. The third-order valence-electron chi connectivity index (χ3n) is 3.49. The van der Waals surface area contributed by atoms with Gasteiger partial charge in [-0.1, -0.05) is 29.8 Å². The van der Waals surface area contributed by atoms with E-state index in [9.17, 15) is 9.00 Å². The zero-order valence-electron chi connectivity index (χ0n) is 12.7. The first kappa shape index (κ1) is 16.6. The Hall–Kier alpha value is -2.28. The van der Waals surface area contributed by atoms with Gasteiger partial charge in [-0.05, 0) is 35.2 Å². The number of amides is 1. The summed E-state index contributed by atoms with van der Waals surface area (Å²) in [4.78, 5) is 18.8. The molecular formula is C17H14ClN3O2S. The lowest BCUT2D eigenvalue weighted by molar-refractivity contribution is 0.0946. The van der Waals surface area contributed by atoms with E-state index in [0.717, 1.165) is 21.9 Å². The maximum Gasteiger partial charge on any atom is 0.266 e. The largest absolute Gasteiger partial charge is 0.276 e. The van der Waals surface area contributed by atoms with Gasteiger partial charge in [-0.15, -0.1) is 0 Å². The van der Waals surface area contributed by atoms with Crippen molar-refractivity contribution in [2.24, 2.45) is 0 Å². The molecule has 5 nitrogen and oxygen atoms in total. The van der Waals surface area contributed by atoms with Crippen molar-refractivity contribution in [1.82, 2.24) is 15.2 Å². The molecule has 1 atom stereocenters. The van der Waals surface area contributed by atoms with Crippen LogP contribution in [-0.4, -0.2) is 21.4 Å². The highest BCUT2D eigenvalue weighted by molar-refractivity contribution is 7.82. The van der Waals surface area contributed by atoms with Crippen molar-refractivity contribution in [3.63, 3.8) is 0 Å². The van der Waals surface area contributed by atoms with Gasteiger partial charge < -0.3 is 0 Å². The number of hydrogen-bond acceptors (Lipinski definition) is 3. The Labute approximate surface area is 146 Å². The van der Waals surface area contributed by atoms with Gasteiger partial charge in [0.15, 0.2) is 0 Å². The number of carbonyl (C=O) groups excluding carboxylic acids is 1. The highest BCUT2D eigenvalue weighted by Gasteiger charge is 2.10. The van der Waals surface area contributed by atoms with E-state index in [4.69, 9.17) is 11.6 Å². The van der Waals surface area contributed by atoms with E-state index in [-0.39, 0.29) is 5.91 Å². The molecule has 0 saturated heterocycles. The SMILES string of the molecule is CS(=O)NNC(=O)c1ccc2cncc(-c3ccc(Cl)cc3)c2c1. The zero-order chi connectivity index (χ0) is 17.1. The molecule has 0 spiro atoms. The van der Waals surface area contributed by atoms with E-state index in [0.29, 0.717) is 10.6 Å². The summed E-state index contributed by atoms with van der Waals surface area (Å²) < 4.78 is 11.0. The number of carbonyl (C=O) groups is 1. The normalized spacial score (nSPS) is 12.1. The van der Waals surface area contributed by atoms with E-state index in [2.05, 4.69) is 15.2 Å². The van der Waals surface area contributed by atoms with Gasteiger partial charge in [0.05, 0.1) is 0 Å². The maximum atomic E-state index is 12.1. The molecular weight excluding hydrogens is 346 g/mol. The van der Waals surface area contributed by atoms with Crippen LogP contribution in [0.4, 0.5) is 0 Å². The summed E-state index contributed by atoms with van der Waals surface area (Å²) in [6.07, 6.45) is 4.94. The molecule has 0 aliphatic rings. The molecule has 1 heterocycles. The van der Waals surface area contributed by atoms with Crippen LogP contribution in [0.5, 0.6) is 0 Å². The molecule has 7 heteroatoms. The van der Waals surface area contributed by atoms with Crippen LogP contribution in [0, 0.1) is 0 Å². The minimum Gasteiger partial charge on any atom is -0.276 e. The Bertz CT molecular complexity index is 929. The quantitative estimate of drug-likeness (QED) is 0.703. The summed E-state index contributed by atoms with van der Waals surface area (Å²) >= 11 is 5.94. The summed E-state index contributed by atoms with van der Waals surface area (Å²) in [6, 6.07) is 12.8. The lowest BCUT2D eigenvalue weighted by atomic mass is 9.99. The van der Waals surface area contributed by atoms with Crippen LogP contribution in [0.3, 0.4) is 0 Å². The number of pyridine rings is 1. The predicted octanol–water partition coefficient (Wildman–Crippen LogP) is 3.08. The lowest BCUT2D eigenvalue weighted by Crippen LogP contribution is -2.38. The third-order valence-corrected chi connectivity index (χ3v) is 4.13. The van der Waals surface area contributed by atoms with Crippen molar-refractivity contribution in [2.45, 2.75) is 0 Å². The van der Waals surface area contributed by atoms with Crippen molar-refractivity contribution in [3.05, 3.63) is 65.4 Å². The Morgan fingerprint density at radius 2 is 1.88 bits per heavy atom. The maximum absolute atomic E-state index is 12.1. The fourth-order valence-electron chi connectivity index (χ4n) is 2.35. The van der Waals surface area contributed by atoms with Gasteiger partial charge in [-0.25, -0.2) is 4.21 Å². The molecule has 3 rings (SSSR count). The van der Waals surface area contributed by atoms with Crippen molar-refractivity contribution in [2.75, 3.05) is 6.26 Å². The summed E-state index contributed by atoms with van der Waals surface area (Å²) in [5, 5.41) is 2.48. The Balaban J connectivity index is 2.04. The number of benzene rings is 2. The highest BCUT2D eigenvalue weighted by atomic mass is 35.5. The summed E-state index contributed by atoms with van der Waals surface area (Å²) in [5.74, 6) is -0.356. The van der Waals surface area contributed by atoms with Crippen LogP contribution in [-0.2, 0) is 11.0 Å². The molecule has 1 unspecified atom stereocenters. The Kier molecular flexibility index (Phi) is 4.89. The Morgan fingerprint density at radius 3 is 2.58 bits per heavy atom. The average Bonchev–Trinajstić information content (AvgIpc) is 2.59. The molecule has 0 bridgehead atoms. The minimum absolute atomic E-state index is 0.356. The molecule has 0 saturated carbocycles. The number of hydrazine groups is 1. The number of hydrogen-bond donors (Lipinski definition) is 2. The predicted molar refractivity (Wildman–Crippen MR) is 96.9 cm³/mol. The van der Waals surface area contributed by atoms with Gasteiger partial charge in [-0.2, -0.15) is 4.83 Å². The fourth-order valence-corrected chi connectivity index (χ4v) is 2.72. The Morgan fingerprint density at radius 1 is 1.12 bits per heavy atom. The number of nitrogens with zero attached hydrogens (tertiary/aromatic N) is 1. The van der Waals surface area contributed by atoms with Gasteiger partial charge in [0.25, 0.3) is 5.91 Å². The van der Waals surface area contributed by atoms with E-state index < -0.39 is 11.0 Å². The molecule has 0 radical (unpaired) electrons. The molecule has 2 aromatic carbocycles. The number of rotatable bonds is 4. The fraction of sp³-hybridized carbons (Fsp3) is 0.0588. The zero-order valence-corrected chi connectivity index (χ0v) is 14.3. The van der Waals surface area contributed by atoms with Crippen LogP contribution >= 0.6 is 11.6 Å². The molecule has 3 aromatic rings. The highest BCUT2D eigenvalue weighted by Crippen LogP contribution is 2.29. The molecule has 0 fully saturated rings. The summed E-state index contributed by atoms with van der Waals surface area (Å²) in [6.45, 7) is 0. The monoisotopic (exact) mass is 359 g/mol. The molecule has 122 valence electrons. The number of fused-ring (bicyclic) bond motifs is 1. The van der Waals surface area contributed by atoms with Crippen molar-refractivity contribution in [3.8, 4) is 11.1 Å². The van der Waals surface area contributed by atoms with Crippen LogP contribution < -0.4 is 10.3 Å². The van der Waals surface area contributed by atoms with Gasteiger partial charge >= 0.3 is 0 Å². The van der Waals surface area contributed by atoms with Gasteiger partial charge in [0.1, 0.15) is 11.0 Å². The second kappa shape index (κ2) is 7.09. The van der Waals surface area contributed by atoms with Crippen molar-refractivity contribution >= 4 is 39.3 Å². The van der Waals surface area contributed by atoms with Crippen LogP contribution in [0.25, 0.3) is 21.9 Å². The molecule has 1 amide bonds. The first-order chi connectivity index (χ1) is 11.5. The van der Waals surface area contributed by atoms with E-state index >= 15 is 0 Å². The number of halogens is 1. The summed E-state index contributed by atoms with van der Waals surface area (Å²) in [7, 11) is -1.33. The smallest absolute Gasteiger partial charge is 0.266 e. The van der Waals surface area contributed by atoms with Gasteiger partial charge in [-0.3, -0.25) is 15.2 Å². The first-order valence-corrected chi connectivity index (χ1v) is 9.01. The second-order valence-corrected chi connectivity index (χ2v) is 6.69. The van der Waals surface area contributed by atoms with E-state index in [1.54, 1.807) is 24.5 Å². The second-order valence-electron chi connectivity index (χ2n) is 5.14. The van der Waals surface area contributed by atoms with Crippen LogP contribution in [0.2, 0.25) is 5.02 Å². The topological polar surface area (TPSA) is 71.1 Å². The molecule has 2 N–H and O–H groups in total. The van der Waals surface area contributed by atoms with Crippen molar-refractivity contribution < 1.29 is 9.00 Å². The van der Waals surface area contributed by atoms with Crippen molar-refractivity contribution in [1.29, 1.82) is 0 Å². The first-order valence-electron chi connectivity index (χ1n) is 7.08. The molecule has 0 aliphatic carbocycles. The number of aromatic nitrogens is 1. The molecule has 24 heavy (non-hydrogen) atoms.